The molecule has 0 aliphatic carbocycles. The summed E-state index contributed by atoms with van der Waals surface area (Å²) < 4.78 is 5.16. The van der Waals surface area contributed by atoms with E-state index in [1.165, 1.54) is 6.92 Å². The minimum absolute atomic E-state index is 0.0471. The number of carbonyl (C=O) groups excluding carboxylic acids is 3. The molecule has 3 N–H and O–H groups in total. The average Bonchev–Trinajstić information content (AvgIpc) is 3.14. The van der Waals surface area contributed by atoms with Crippen molar-refractivity contribution in [1.29, 1.82) is 0 Å². The highest BCUT2D eigenvalue weighted by atomic mass is 16.5. The average molecular weight is 439 g/mol. The van der Waals surface area contributed by atoms with Gasteiger partial charge in [-0.05, 0) is 25.0 Å². The van der Waals surface area contributed by atoms with Gasteiger partial charge >= 0.3 is 11.9 Å². The highest BCUT2D eigenvalue weighted by Crippen LogP contribution is 2.28. The highest BCUT2D eigenvalue weighted by molar-refractivity contribution is 6.15. The molecule has 32 heavy (non-hydrogen) atoms. The lowest BCUT2D eigenvalue weighted by Crippen LogP contribution is -2.42. The molecule has 1 unspecified atom stereocenters. The monoisotopic (exact) mass is 439 g/mol. The van der Waals surface area contributed by atoms with E-state index in [2.05, 4.69) is 15.3 Å². The van der Waals surface area contributed by atoms with Crippen molar-refractivity contribution in [2.75, 3.05) is 6.61 Å². The Kier molecular flexibility index (Phi) is 7.19. The number of nitrogens with zero attached hydrogens (tertiary/aromatic N) is 1. The number of carboxylic acid groups (broad SMARTS) is 1. The second-order valence-electron chi connectivity index (χ2n) is 7.48. The fourth-order valence-electron chi connectivity index (χ4n) is 3.38. The first-order valence-corrected chi connectivity index (χ1v) is 10.4. The summed E-state index contributed by atoms with van der Waals surface area (Å²) in [5.41, 5.74) is 1.38. The second kappa shape index (κ2) is 10.0. The number of carboxylic acids is 1. The van der Waals surface area contributed by atoms with E-state index >= 15 is 0 Å². The van der Waals surface area contributed by atoms with Gasteiger partial charge in [0.2, 0.25) is 0 Å². The molecule has 0 saturated carbocycles. The van der Waals surface area contributed by atoms with Gasteiger partial charge in [0.25, 0.3) is 5.91 Å². The lowest BCUT2D eigenvalue weighted by molar-refractivity contribution is -0.146. The van der Waals surface area contributed by atoms with Crippen LogP contribution < -0.4 is 5.32 Å². The van der Waals surface area contributed by atoms with Crippen molar-refractivity contribution < 1.29 is 29.0 Å². The van der Waals surface area contributed by atoms with Gasteiger partial charge in [-0.3, -0.25) is 14.4 Å². The number of para-hydroxylation sites is 1. The standard InChI is InChI=1S/C23H25N3O6/c1-3-4-11-32-23(31)17(9-10-19(28)29)26-22(30)18-12-15-14-7-5-6-8-16(14)24-21(15)20(25-18)13(2)27/h5-8,12,17,24H,3-4,9-11H2,1-2H3,(H,26,30)(H,28,29). The number of aliphatic carboxylic acids is 1. The number of pyridine rings is 1. The van der Waals surface area contributed by atoms with Gasteiger partial charge < -0.3 is 20.1 Å². The van der Waals surface area contributed by atoms with Crippen LogP contribution in [0.3, 0.4) is 0 Å². The van der Waals surface area contributed by atoms with Gasteiger partial charge in [-0.2, -0.15) is 0 Å². The number of Topliss-reactive ketones (excluding diaryl/α,β-unsaturated/α-hetero) is 1. The molecule has 2 aromatic heterocycles. The first kappa shape index (κ1) is 22.9. The zero-order valence-electron chi connectivity index (χ0n) is 17.9. The molecule has 1 atom stereocenters. The summed E-state index contributed by atoms with van der Waals surface area (Å²) in [6.07, 6.45) is 1.04. The summed E-state index contributed by atoms with van der Waals surface area (Å²) in [7, 11) is 0. The first-order valence-electron chi connectivity index (χ1n) is 10.4. The molecule has 0 spiro atoms. The number of rotatable bonds is 10. The number of unbranched alkanes of at least 4 members (excludes halogenated alkanes) is 1. The third kappa shape index (κ3) is 5.11. The van der Waals surface area contributed by atoms with Gasteiger partial charge in [0.05, 0.1) is 12.1 Å². The molecule has 1 aromatic carbocycles. The van der Waals surface area contributed by atoms with E-state index < -0.39 is 23.9 Å². The maximum absolute atomic E-state index is 13.0. The van der Waals surface area contributed by atoms with Gasteiger partial charge in [-0.25, -0.2) is 9.78 Å². The zero-order chi connectivity index (χ0) is 23.3. The number of benzene rings is 1. The molecule has 0 aliphatic heterocycles. The number of amides is 1. The van der Waals surface area contributed by atoms with Crippen LogP contribution in [0.25, 0.3) is 21.8 Å². The number of aromatic nitrogens is 2. The topological polar surface area (TPSA) is 138 Å². The van der Waals surface area contributed by atoms with Crippen LogP contribution in [-0.2, 0) is 14.3 Å². The Morgan fingerprint density at radius 2 is 1.94 bits per heavy atom. The minimum Gasteiger partial charge on any atom is -0.481 e. The molecule has 9 heteroatoms. The Hall–Kier alpha value is -3.75. The van der Waals surface area contributed by atoms with E-state index in [-0.39, 0.29) is 36.6 Å². The zero-order valence-corrected chi connectivity index (χ0v) is 17.9. The van der Waals surface area contributed by atoms with Crippen LogP contribution in [-0.4, -0.2) is 51.4 Å². The summed E-state index contributed by atoms with van der Waals surface area (Å²) in [5, 5.41) is 13.0. The molecule has 0 radical (unpaired) electrons. The molecule has 0 saturated heterocycles. The van der Waals surface area contributed by atoms with E-state index in [1.54, 1.807) is 6.07 Å². The molecule has 0 aliphatic rings. The number of ether oxygens (including phenoxy) is 1. The SMILES string of the molecule is CCCCOC(=O)C(CCC(=O)O)NC(=O)c1cc2c([nH]c3ccccc32)c(C(C)=O)n1. The molecule has 0 bridgehead atoms. The summed E-state index contributed by atoms with van der Waals surface area (Å²) >= 11 is 0. The number of hydrogen-bond donors (Lipinski definition) is 3. The molecule has 3 rings (SSSR count). The lowest BCUT2D eigenvalue weighted by atomic mass is 10.1. The Bertz CT molecular complexity index is 1180. The minimum atomic E-state index is -1.14. The van der Waals surface area contributed by atoms with Gasteiger partial charge in [-0.1, -0.05) is 31.5 Å². The quantitative estimate of drug-likeness (QED) is 0.250. The van der Waals surface area contributed by atoms with E-state index in [0.717, 1.165) is 17.3 Å². The molecule has 2 heterocycles. The van der Waals surface area contributed by atoms with E-state index in [0.29, 0.717) is 17.3 Å². The summed E-state index contributed by atoms with van der Waals surface area (Å²) in [4.78, 5) is 55.9. The van der Waals surface area contributed by atoms with Crippen molar-refractivity contribution in [1.82, 2.24) is 15.3 Å². The van der Waals surface area contributed by atoms with Crippen molar-refractivity contribution in [2.45, 2.75) is 45.6 Å². The predicted octanol–water partition coefficient (Wildman–Crippen LogP) is 3.23. The number of aromatic amines is 1. The summed E-state index contributed by atoms with van der Waals surface area (Å²) in [5.74, 6) is -2.81. The van der Waals surface area contributed by atoms with Crippen LogP contribution in [0.1, 0.15) is 60.5 Å². The van der Waals surface area contributed by atoms with E-state index in [9.17, 15) is 19.2 Å². The molecular formula is C23H25N3O6. The smallest absolute Gasteiger partial charge is 0.328 e. The Labute approximate surface area is 184 Å². The van der Waals surface area contributed by atoms with Crippen LogP contribution in [0, 0.1) is 0 Å². The predicted molar refractivity (Wildman–Crippen MR) is 118 cm³/mol. The van der Waals surface area contributed by atoms with Gasteiger partial charge in [-0.15, -0.1) is 0 Å². The van der Waals surface area contributed by atoms with Gasteiger partial charge in [0.1, 0.15) is 17.4 Å². The fourth-order valence-corrected chi connectivity index (χ4v) is 3.38. The van der Waals surface area contributed by atoms with Crippen molar-refractivity contribution in [3.05, 3.63) is 41.7 Å². The molecule has 3 aromatic rings. The van der Waals surface area contributed by atoms with Crippen LogP contribution in [0.15, 0.2) is 30.3 Å². The molecule has 168 valence electrons. The van der Waals surface area contributed by atoms with Gasteiger partial charge in [0.15, 0.2) is 5.78 Å². The van der Waals surface area contributed by atoms with Crippen LogP contribution in [0.4, 0.5) is 0 Å². The molecule has 9 nitrogen and oxygen atoms in total. The van der Waals surface area contributed by atoms with Crippen molar-refractivity contribution in [2.24, 2.45) is 0 Å². The van der Waals surface area contributed by atoms with Crippen molar-refractivity contribution in [3.63, 3.8) is 0 Å². The maximum Gasteiger partial charge on any atom is 0.328 e. The molecular weight excluding hydrogens is 414 g/mol. The second-order valence-corrected chi connectivity index (χ2v) is 7.48. The summed E-state index contributed by atoms with van der Waals surface area (Å²) in [6, 6.07) is 7.82. The van der Waals surface area contributed by atoms with Crippen LogP contribution in [0.5, 0.6) is 0 Å². The lowest BCUT2D eigenvalue weighted by Gasteiger charge is -2.17. The van der Waals surface area contributed by atoms with Gasteiger partial charge in [0, 0.05) is 29.6 Å². The Morgan fingerprint density at radius 1 is 1.19 bits per heavy atom. The van der Waals surface area contributed by atoms with E-state index in [4.69, 9.17) is 9.84 Å². The Balaban J connectivity index is 1.93. The number of hydrogen-bond acceptors (Lipinski definition) is 6. The number of fused-ring (bicyclic) bond motifs is 3. The number of H-pyrrole nitrogens is 1. The summed E-state index contributed by atoms with van der Waals surface area (Å²) in [6.45, 7) is 3.48. The van der Waals surface area contributed by atoms with Crippen LogP contribution >= 0.6 is 0 Å². The maximum atomic E-state index is 13.0. The largest absolute Gasteiger partial charge is 0.481 e. The normalized spacial score (nSPS) is 11.9. The fraction of sp³-hybridized carbons (Fsp3) is 0.348. The first-order chi connectivity index (χ1) is 15.3. The molecule has 1 amide bonds. The Morgan fingerprint density at radius 3 is 2.62 bits per heavy atom. The van der Waals surface area contributed by atoms with Crippen molar-refractivity contribution >= 4 is 45.4 Å². The van der Waals surface area contributed by atoms with Crippen molar-refractivity contribution in [3.8, 4) is 0 Å². The number of carbonyl (C=O) groups is 4. The third-order valence-electron chi connectivity index (χ3n) is 5.04. The van der Waals surface area contributed by atoms with Crippen LogP contribution in [0.2, 0.25) is 0 Å². The number of esters is 1. The third-order valence-corrected chi connectivity index (χ3v) is 5.04. The van der Waals surface area contributed by atoms with E-state index in [1.807, 2.05) is 31.2 Å². The number of ketones is 1. The number of nitrogens with one attached hydrogen (secondary N) is 2. The molecule has 0 fully saturated rings. The highest BCUT2D eigenvalue weighted by Gasteiger charge is 2.25.